The van der Waals surface area contributed by atoms with Gasteiger partial charge in [0.05, 0.1) is 12.2 Å². The molecule has 0 aromatic heterocycles. The van der Waals surface area contributed by atoms with Crippen molar-refractivity contribution < 1.29 is 14.0 Å². The Morgan fingerprint density at radius 2 is 1.40 bits per heavy atom. The molecule has 0 radical (unpaired) electrons. The van der Waals surface area contributed by atoms with Crippen LogP contribution in [0.3, 0.4) is 0 Å². The van der Waals surface area contributed by atoms with E-state index in [0.29, 0.717) is 17.9 Å². The average Bonchev–Trinajstić information content (AvgIpc) is 2.76. The van der Waals surface area contributed by atoms with Gasteiger partial charge in [-0.2, -0.15) is 0 Å². The van der Waals surface area contributed by atoms with Gasteiger partial charge in [-0.3, -0.25) is 0 Å². The number of carbonyl (C=O) groups is 1. The lowest BCUT2D eigenvalue weighted by Gasteiger charge is -2.43. The molecule has 3 nitrogen and oxygen atoms in total. The second-order valence-electron chi connectivity index (χ2n) is 8.43. The van der Waals surface area contributed by atoms with Crippen LogP contribution >= 0.6 is 0 Å². The first kappa shape index (κ1) is 21.8. The van der Waals surface area contributed by atoms with Gasteiger partial charge in [-0.15, -0.1) is 0 Å². The molecule has 3 aromatic carbocycles. The third-order valence-corrected chi connectivity index (χ3v) is 10.1. The highest BCUT2D eigenvalue weighted by Crippen LogP contribution is 2.37. The minimum absolute atomic E-state index is 0.144. The van der Waals surface area contributed by atoms with Crippen LogP contribution in [0.15, 0.2) is 84.9 Å². The first-order valence-electron chi connectivity index (χ1n) is 10.5. The van der Waals surface area contributed by atoms with Crippen molar-refractivity contribution in [2.24, 2.45) is 0 Å². The molecule has 4 heteroatoms. The van der Waals surface area contributed by atoms with Crippen molar-refractivity contribution in [1.29, 1.82) is 0 Å². The van der Waals surface area contributed by atoms with Crippen LogP contribution in [0.4, 0.5) is 0 Å². The van der Waals surface area contributed by atoms with E-state index < -0.39 is 8.32 Å². The standard InChI is InChI=1S/C26H30O3Si/c1-5-19-28-25(27)21-13-12-14-22(20-21)29-30(26(2,3)4,23-15-8-6-9-16-23)24-17-10-7-11-18-24/h6-18,20H,5,19H2,1-4H3. The third kappa shape index (κ3) is 4.49. The Morgan fingerprint density at radius 3 is 1.90 bits per heavy atom. The van der Waals surface area contributed by atoms with Crippen molar-refractivity contribution in [3.8, 4) is 5.75 Å². The molecular weight excluding hydrogens is 388 g/mol. The number of esters is 1. The highest BCUT2D eigenvalue weighted by Gasteiger charge is 2.52. The molecule has 0 aliphatic heterocycles. The smallest absolute Gasteiger partial charge is 0.338 e. The van der Waals surface area contributed by atoms with Crippen LogP contribution in [0, 0.1) is 0 Å². The van der Waals surface area contributed by atoms with Gasteiger partial charge in [-0.1, -0.05) is 94.4 Å². The molecule has 30 heavy (non-hydrogen) atoms. The molecular formula is C26H30O3Si. The minimum atomic E-state index is -2.73. The molecule has 0 amide bonds. The van der Waals surface area contributed by atoms with Gasteiger partial charge in [0.25, 0.3) is 0 Å². The number of rotatable bonds is 7. The van der Waals surface area contributed by atoms with Crippen LogP contribution in [0.1, 0.15) is 44.5 Å². The largest absolute Gasteiger partial charge is 0.534 e. The topological polar surface area (TPSA) is 35.5 Å². The molecule has 0 atom stereocenters. The van der Waals surface area contributed by atoms with E-state index in [1.165, 1.54) is 10.4 Å². The number of carbonyl (C=O) groups excluding carboxylic acids is 1. The molecule has 0 aliphatic rings. The van der Waals surface area contributed by atoms with Crippen molar-refractivity contribution in [2.75, 3.05) is 6.61 Å². The minimum Gasteiger partial charge on any atom is -0.534 e. The molecule has 3 rings (SSSR count). The van der Waals surface area contributed by atoms with Gasteiger partial charge in [0, 0.05) is 0 Å². The molecule has 0 heterocycles. The maximum Gasteiger partial charge on any atom is 0.338 e. The lowest BCUT2D eigenvalue weighted by Crippen LogP contribution is -2.68. The van der Waals surface area contributed by atoms with Crippen LogP contribution in [-0.4, -0.2) is 20.9 Å². The van der Waals surface area contributed by atoms with Gasteiger partial charge in [0.1, 0.15) is 5.75 Å². The van der Waals surface area contributed by atoms with Crippen LogP contribution in [-0.2, 0) is 4.74 Å². The van der Waals surface area contributed by atoms with E-state index in [0.717, 1.165) is 6.42 Å². The Hall–Kier alpha value is -2.85. The van der Waals surface area contributed by atoms with E-state index in [4.69, 9.17) is 9.16 Å². The van der Waals surface area contributed by atoms with E-state index in [9.17, 15) is 4.79 Å². The fourth-order valence-electron chi connectivity index (χ4n) is 3.79. The Kier molecular flexibility index (Phi) is 6.78. The van der Waals surface area contributed by atoms with Gasteiger partial charge in [-0.05, 0) is 40.0 Å². The third-order valence-electron chi connectivity index (χ3n) is 5.19. The van der Waals surface area contributed by atoms with E-state index in [2.05, 4.69) is 69.3 Å². The summed E-state index contributed by atoms with van der Waals surface area (Å²) in [6.45, 7) is 9.10. The highest BCUT2D eigenvalue weighted by molar-refractivity contribution is 7.00. The van der Waals surface area contributed by atoms with Crippen LogP contribution in [0.2, 0.25) is 5.04 Å². The summed E-state index contributed by atoms with van der Waals surface area (Å²) >= 11 is 0. The summed E-state index contributed by atoms with van der Waals surface area (Å²) in [5, 5.41) is 2.25. The predicted octanol–water partition coefficient (Wildman–Crippen LogP) is 5.19. The van der Waals surface area contributed by atoms with Crippen LogP contribution in [0.25, 0.3) is 0 Å². The molecule has 156 valence electrons. The molecule has 0 saturated heterocycles. The summed E-state index contributed by atoms with van der Waals surface area (Å²) < 4.78 is 12.3. The van der Waals surface area contributed by atoms with Gasteiger partial charge in [0.15, 0.2) is 0 Å². The average molecular weight is 419 g/mol. The summed E-state index contributed by atoms with van der Waals surface area (Å²) in [5.41, 5.74) is 0.513. The van der Waals surface area contributed by atoms with Crippen LogP contribution < -0.4 is 14.8 Å². The molecule has 3 aromatic rings. The van der Waals surface area contributed by atoms with Gasteiger partial charge >= 0.3 is 14.3 Å². The van der Waals surface area contributed by atoms with E-state index >= 15 is 0 Å². The Balaban J connectivity index is 2.12. The van der Waals surface area contributed by atoms with Crippen molar-refractivity contribution in [2.45, 2.75) is 39.2 Å². The fraction of sp³-hybridized carbons (Fsp3) is 0.269. The summed E-state index contributed by atoms with van der Waals surface area (Å²) in [4.78, 5) is 12.4. The van der Waals surface area contributed by atoms with Crippen molar-refractivity contribution in [3.05, 3.63) is 90.5 Å². The van der Waals surface area contributed by atoms with Crippen molar-refractivity contribution in [1.82, 2.24) is 0 Å². The second-order valence-corrected chi connectivity index (χ2v) is 12.7. The van der Waals surface area contributed by atoms with E-state index in [1.54, 1.807) is 12.1 Å². The Morgan fingerprint density at radius 1 is 0.833 bits per heavy atom. The number of benzene rings is 3. The summed E-state index contributed by atoms with van der Waals surface area (Å²) in [6, 6.07) is 28.3. The highest BCUT2D eigenvalue weighted by atomic mass is 28.4. The predicted molar refractivity (Wildman–Crippen MR) is 125 cm³/mol. The van der Waals surface area contributed by atoms with E-state index in [-0.39, 0.29) is 11.0 Å². The molecule has 0 bridgehead atoms. The normalized spacial score (nSPS) is 11.7. The van der Waals surface area contributed by atoms with Gasteiger partial charge in [-0.25, -0.2) is 4.79 Å². The Labute approximate surface area is 180 Å². The molecule has 0 fully saturated rings. The lowest BCUT2D eigenvalue weighted by molar-refractivity contribution is 0.0505. The summed E-state index contributed by atoms with van der Waals surface area (Å²) in [6.07, 6.45) is 0.796. The zero-order valence-corrected chi connectivity index (χ0v) is 19.2. The monoisotopic (exact) mass is 418 g/mol. The molecule has 0 aliphatic carbocycles. The summed E-state index contributed by atoms with van der Waals surface area (Å²) in [7, 11) is -2.73. The number of ether oxygens (including phenoxy) is 1. The van der Waals surface area contributed by atoms with Crippen molar-refractivity contribution in [3.63, 3.8) is 0 Å². The molecule has 0 spiro atoms. The molecule has 0 unspecified atom stereocenters. The first-order chi connectivity index (χ1) is 14.4. The van der Waals surface area contributed by atoms with Crippen LogP contribution in [0.5, 0.6) is 5.75 Å². The summed E-state index contributed by atoms with van der Waals surface area (Å²) in [5.74, 6) is 0.375. The van der Waals surface area contributed by atoms with Gasteiger partial charge < -0.3 is 9.16 Å². The fourth-order valence-corrected chi connectivity index (χ4v) is 8.20. The lowest BCUT2D eigenvalue weighted by atomic mass is 10.2. The molecule has 0 saturated carbocycles. The maximum absolute atomic E-state index is 12.4. The first-order valence-corrected chi connectivity index (χ1v) is 12.4. The quantitative estimate of drug-likeness (QED) is 0.391. The second kappa shape index (κ2) is 9.31. The molecule has 0 N–H and O–H groups in total. The van der Waals surface area contributed by atoms with Gasteiger partial charge in [0.2, 0.25) is 0 Å². The number of hydrogen-bond donors (Lipinski definition) is 0. The van der Waals surface area contributed by atoms with Crippen molar-refractivity contribution >= 4 is 24.7 Å². The zero-order valence-electron chi connectivity index (χ0n) is 18.2. The zero-order chi connectivity index (χ0) is 21.6. The van der Waals surface area contributed by atoms with E-state index in [1.807, 2.05) is 31.2 Å². The SMILES string of the molecule is CCCOC(=O)c1cccc(O[Si](c2ccccc2)(c2ccccc2)C(C)(C)C)c1. The maximum atomic E-state index is 12.4. The number of hydrogen-bond acceptors (Lipinski definition) is 3. The Bertz CT molecular complexity index is 923.